The molecule has 1 amide bonds. The van der Waals surface area contributed by atoms with E-state index in [1.165, 1.54) is 0 Å². The summed E-state index contributed by atoms with van der Waals surface area (Å²) in [7, 11) is 0. The quantitative estimate of drug-likeness (QED) is 0.684. The Morgan fingerprint density at radius 1 is 1.25 bits per heavy atom. The SMILES string of the molecule is CCCC(O)(CCC)CNC(=O)Cc1cccc(O)c1. The number of aliphatic hydroxyl groups is 1. The van der Waals surface area contributed by atoms with Crippen LogP contribution in [-0.2, 0) is 11.2 Å². The Morgan fingerprint density at radius 3 is 2.45 bits per heavy atom. The number of aromatic hydroxyl groups is 1. The first-order valence-corrected chi connectivity index (χ1v) is 7.26. The summed E-state index contributed by atoms with van der Waals surface area (Å²) in [6, 6.07) is 6.65. The van der Waals surface area contributed by atoms with Gasteiger partial charge in [-0.25, -0.2) is 0 Å². The van der Waals surface area contributed by atoms with Crippen LogP contribution < -0.4 is 5.32 Å². The van der Waals surface area contributed by atoms with Gasteiger partial charge in [0.05, 0.1) is 12.0 Å². The zero-order chi connectivity index (χ0) is 15.0. The van der Waals surface area contributed by atoms with E-state index in [9.17, 15) is 15.0 Å². The van der Waals surface area contributed by atoms with E-state index in [1.807, 2.05) is 13.8 Å². The Labute approximate surface area is 120 Å². The molecule has 112 valence electrons. The maximum atomic E-state index is 11.9. The van der Waals surface area contributed by atoms with Crippen molar-refractivity contribution in [1.82, 2.24) is 5.32 Å². The number of phenols is 1. The van der Waals surface area contributed by atoms with E-state index in [2.05, 4.69) is 5.32 Å². The Balaban J connectivity index is 2.49. The standard InChI is InChI=1S/C16H25NO3/c1-3-8-16(20,9-4-2)12-17-15(19)11-13-6-5-7-14(18)10-13/h5-7,10,18,20H,3-4,8-9,11-12H2,1-2H3,(H,17,19). The summed E-state index contributed by atoms with van der Waals surface area (Å²) in [5.74, 6) is 0.0185. The molecule has 0 fully saturated rings. The number of phenolic OH excluding ortho intramolecular Hbond substituents is 1. The highest BCUT2D eigenvalue weighted by Gasteiger charge is 2.25. The van der Waals surface area contributed by atoms with E-state index in [0.29, 0.717) is 12.8 Å². The lowest BCUT2D eigenvalue weighted by Crippen LogP contribution is -2.43. The van der Waals surface area contributed by atoms with Crippen molar-refractivity contribution in [2.24, 2.45) is 0 Å². The first-order valence-electron chi connectivity index (χ1n) is 7.26. The summed E-state index contributed by atoms with van der Waals surface area (Å²) >= 11 is 0. The largest absolute Gasteiger partial charge is 0.508 e. The highest BCUT2D eigenvalue weighted by atomic mass is 16.3. The van der Waals surface area contributed by atoms with Gasteiger partial charge in [-0.15, -0.1) is 0 Å². The summed E-state index contributed by atoms with van der Waals surface area (Å²) in [5, 5.41) is 22.6. The maximum Gasteiger partial charge on any atom is 0.224 e. The lowest BCUT2D eigenvalue weighted by molar-refractivity contribution is -0.121. The average Bonchev–Trinajstić information content (AvgIpc) is 2.37. The number of nitrogens with one attached hydrogen (secondary N) is 1. The molecule has 3 N–H and O–H groups in total. The van der Waals surface area contributed by atoms with Gasteiger partial charge < -0.3 is 15.5 Å². The second-order valence-electron chi connectivity index (χ2n) is 5.35. The van der Waals surface area contributed by atoms with Crippen molar-refractivity contribution < 1.29 is 15.0 Å². The molecule has 0 bridgehead atoms. The minimum atomic E-state index is -0.808. The minimum absolute atomic E-state index is 0.138. The van der Waals surface area contributed by atoms with Gasteiger partial charge in [0.25, 0.3) is 0 Å². The van der Waals surface area contributed by atoms with Crippen molar-refractivity contribution in [3.05, 3.63) is 29.8 Å². The molecule has 0 saturated heterocycles. The molecular weight excluding hydrogens is 254 g/mol. The fourth-order valence-electron chi connectivity index (χ4n) is 2.41. The second-order valence-corrected chi connectivity index (χ2v) is 5.35. The Bertz CT molecular complexity index is 425. The molecule has 20 heavy (non-hydrogen) atoms. The van der Waals surface area contributed by atoms with Crippen LogP contribution in [0.1, 0.15) is 45.1 Å². The van der Waals surface area contributed by atoms with Crippen molar-refractivity contribution in [1.29, 1.82) is 0 Å². The molecule has 0 aliphatic rings. The topological polar surface area (TPSA) is 69.6 Å². The smallest absolute Gasteiger partial charge is 0.224 e. The summed E-state index contributed by atoms with van der Waals surface area (Å²) in [6.45, 7) is 4.33. The van der Waals surface area contributed by atoms with Crippen LogP contribution in [0.15, 0.2) is 24.3 Å². The summed E-state index contributed by atoms with van der Waals surface area (Å²) in [5.41, 5.74) is -0.0464. The van der Waals surface area contributed by atoms with Gasteiger partial charge in [0.15, 0.2) is 0 Å². The van der Waals surface area contributed by atoms with Crippen molar-refractivity contribution in [3.63, 3.8) is 0 Å². The van der Waals surface area contributed by atoms with Crippen LogP contribution >= 0.6 is 0 Å². The molecular formula is C16H25NO3. The average molecular weight is 279 g/mol. The van der Waals surface area contributed by atoms with Crippen LogP contribution in [0.3, 0.4) is 0 Å². The molecule has 4 nitrogen and oxygen atoms in total. The molecule has 0 heterocycles. The minimum Gasteiger partial charge on any atom is -0.508 e. The van der Waals surface area contributed by atoms with Crippen molar-refractivity contribution in [3.8, 4) is 5.75 Å². The lowest BCUT2D eigenvalue weighted by Gasteiger charge is -2.27. The van der Waals surface area contributed by atoms with Crippen LogP contribution in [-0.4, -0.2) is 28.3 Å². The van der Waals surface area contributed by atoms with Gasteiger partial charge in [0.2, 0.25) is 5.91 Å². The number of amides is 1. The maximum absolute atomic E-state index is 11.9. The van der Waals surface area contributed by atoms with Crippen LogP contribution in [0.2, 0.25) is 0 Å². The monoisotopic (exact) mass is 279 g/mol. The normalized spacial score (nSPS) is 11.3. The molecule has 0 atom stereocenters. The third kappa shape index (κ3) is 5.61. The zero-order valence-corrected chi connectivity index (χ0v) is 12.4. The fraction of sp³-hybridized carbons (Fsp3) is 0.562. The van der Waals surface area contributed by atoms with E-state index < -0.39 is 5.60 Å². The first-order chi connectivity index (χ1) is 9.49. The molecule has 0 aromatic heterocycles. The van der Waals surface area contributed by atoms with Crippen LogP contribution in [0.4, 0.5) is 0 Å². The number of carbonyl (C=O) groups is 1. The van der Waals surface area contributed by atoms with Crippen molar-refractivity contribution in [2.75, 3.05) is 6.54 Å². The molecule has 0 aliphatic heterocycles. The Morgan fingerprint density at radius 2 is 1.90 bits per heavy atom. The van der Waals surface area contributed by atoms with Gasteiger partial charge in [-0.2, -0.15) is 0 Å². The van der Waals surface area contributed by atoms with Crippen LogP contribution in [0.25, 0.3) is 0 Å². The zero-order valence-electron chi connectivity index (χ0n) is 12.4. The molecule has 4 heteroatoms. The van der Waals surface area contributed by atoms with Gasteiger partial charge in [-0.1, -0.05) is 38.8 Å². The molecule has 1 aromatic carbocycles. The Kier molecular flexibility index (Phi) is 6.52. The van der Waals surface area contributed by atoms with Gasteiger partial charge in [-0.3, -0.25) is 4.79 Å². The number of carbonyl (C=O) groups excluding carboxylic acids is 1. The van der Waals surface area contributed by atoms with Gasteiger partial charge >= 0.3 is 0 Å². The number of rotatable bonds is 8. The van der Waals surface area contributed by atoms with E-state index in [4.69, 9.17) is 0 Å². The summed E-state index contributed by atoms with van der Waals surface area (Å²) in [6.07, 6.45) is 3.36. The van der Waals surface area contributed by atoms with Gasteiger partial charge in [-0.05, 0) is 30.5 Å². The molecule has 0 spiro atoms. The lowest BCUT2D eigenvalue weighted by atomic mass is 9.92. The Hall–Kier alpha value is -1.55. The van der Waals surface area contributed by atoms with Crippen LogP contribution in [0, 0.1) is 0 Å². The molecule has 1 aromatic rings. The molecule has 0 radical (unpaired) electrons. The van der Waals surface area contributed by atoms with E-state index >= 15 is 0 Å². The predicted octanol–water partition coefficient (Wildman–Crippen LogP) is 2.38. The summed E-state index contributed by atoms with van der Waals surface area (Å²) < 4.78 is 0. The van der Waals surface area contributed by atoms with E-state index in [1.54, 1.807) is 24.3 Å². The third-order valence-corrected chi connectivity index (χ3v) is 3.32. The van der Waals surface area contributed by atoms with E-state index in [0.717, 1.165) is 18.4 Å². The third-order valence-electron chi connectivity index (χ3n) is 3.32. The molecule has 0 aliphatic carbocycles. The molecule has 0 unspecified atom stereocenters. The number of hydrogen-bond donors (Lipinski definition) is 3. The van der Waals surface area contributed by atoms with Gasteiger partial charge in [0, 0.05) is 6.54 Å². The second kappa shape index (κ2) is 7.90. The van der Waals surface area contributed by atoms with Crippen molar-refractivity contribution in [2.45, 2.75) is 51.6 Å². The van der Waals surface area contributed by atoms with Gasteiger partial charge in [0.1, 0.15) is 5.75 Å². The van der Waals surface area contributed by atoms with E-state index in [-0.39, 0.29) is 24.6 Å². The van der Waals surface area contributed by atoms with Crippen LogP contribution in [0.5, 0.6) is 5.75 Å². The fourth-order valence-corrected chi connectivity index (χ4v) is 2.41. The summed E-state index contributed by atoms with van der Waals surface area (Å²) in [4.78, 5) is 11.9. The highest BCUT2D eigenvalue weighted by molar-refractivity contribution is 5.78. The van der Waals surface area contributed by atoms with Crippen molar-refractivity contribution >= 4 is 5.91 Å². The first kappa shape index (κ1) is 16.5. The number of hydrogen-bond acceptors (Lipinski definition) is 3. The molecule has 0 saturated carbocycles. The number of benzene rings is 1. The molecule has 1 rings (SSSR count). The predicted molar refractivity (Wildman–Crippen MR) is 79.6 cm³/mol. The highest BCUT2D eigenvalue weighted by Crippen LogP contribution is 2.18.